The number of benzene rings is 1. The molecule has 4 N–H and O–H groups in total. The molecule has 0 bridgehead atoms. The van der Waals surface area contributed by atoms with Crippen LogP contribution >= 0.6 is 0 Å². The van der Waals surface area contributed by atoms with E-state index in [9.17, 15) is 9.90 Å². The van der Waals surface area contributed by atoms with Gasteiger partial charge in [-0.1, -0.05) is 12.1 Å². The van der Waals surface area contributed by atoms with Crippen LogP contribution in [0.25, 0.3) is 0 Å². The molecule has 0 spiro atoms. The normalized spacial score (nSPS) is 18.8. The molecule has 6 heteroatoms. The highest BCUT2D eigenvalue weighted by Crippen LogP contribution is 2.19. The first-order chi connectivity index (χ1) is 10.0. The minimum Gasteiger partial charge on any atom is -0.497 e. The molecular weight excluding hydrogens is 272 g/mol. The molecule has 2 rings (SSSR count). The molecule has 1 atom stereocenters. The lowest BCUT2D eigenvalue weighted by Gasteiger charge is -2.32. The Labute approximate surface area is 124 Å². The van der Waals surface area contributed by atoms with Gasteiger partial charge in [-0.05, 0) is 30.5 Å². The fourth-order valence-corrected chi connectivity index (χ4v) is 2.27. The summed E-state index contributed by atoms with van der Waals surface area (Å²) in [6, 6.07) is 7.07. The van der Waals surface area contributed by atoms with Gasteiger partial charge in [-0.15, -0.1) is 0 Å². The number of aliphatic hydroxyl groups is 1. The second-order valence-corrected chi connectivity index (χ2v) is 5.27. The summed E-state index contributed by atoms with van der Waals surface area (Å²) in [6.45, 7) is 1.11. The predicted molar refractivity (Wildman–Crippen MR) is 77.9 cm³/mol. The molecule has 116 valence electrons. The van der Waals surface area contributed by atoms with Crippen molar-refractivity contribution in [3.63, 3.8) is 0 Å². The average Bonchev–Trinajstić information content (AvgIpc) is 2.53. The summed E-state index contributed by atoms with van der Waals surface area (Å²) in [5, 5.41) is 12.8. The SMILES string of the molecule is COc1ccc(C(O)CNC(=O)C2(N)CCOCC2)cc1. The molecule has 1 fully saturated rings. The van der Waals surface area contributed by atoms with Crippen molar-refractivity contribution in [3.8, 4) is 5.75 Å². The highest BCUT2D eigenvalue weighted by atomic mass is 16.5. The van der Waals surface area contributed by atoms with Crippen molar-refractivity contribution in [3.05, 3.63) is 29.8 Å². The Hall–Kier alpha value is -1.63. The topological polar surface area (TPSA) is 93.8 Å². The Bertz CT molecular complexity index is 469. The van der Waals surface area contributed by atoms with Crippen molar-refractivity contribution in [1.29, 1.82) is 0 Å². The van der Waals surface area contributed by atoms with E-state index in [4.69, 9.17) is 15.2 Å². The molecular formula is C15H22N2O4. The zero-order chi connectivity index (χ0) is 15.3. The van der Waals surface area contributed by atoms with Gasteiger partial charge in [0.05, 0.1) is 18.8 Å². The van der Waals surface area contributed by atoms with Crippen LogP contribution in [0.4, 0.5) is 0 Å². The van der Waals surface area contributed by atoms with Crippen LogP contribution in [0, 0.1) is 0 Å². The Morgan fingerprint density at radius 2 is 2.05 bits per heavy atom. The molecule has 6 nitrogen and oxygen atoms in total. The lowest BCUT2D eigenvalue weighted by Crippen LogP contribution is -2.57. The van der Waals surface area contributed by atoms with Crippen LogP contribution in [0.1, 0.15) is 24.5 Å². The molecule has 0 saturated carbocycles. The Balaban J connectivity index is 1.87. The Morgan fingerprint density at radius 3 is 2.62 bits per heavy atom. The number of rotatable bonds is 5. The predicted octanol–water partition coefficient (Wildman–Crippen LogP) is 0.353. The molecule has 1 aliphatic rings. The van der Waals surface area contributed by atoms with Crippen LogP contribution in [-0.4, -0.2) is 43.4 Å². The van der Waals surface area contributed by atoms with Gasteiger partial charge in [0.25, 0.3) is 0 Å². The van der Waals surface area contributed by atoms with Crippen molar-refractivity contribution in [2.75, 3.05) is 26.9 Å². The summed E-state index contributed by atoms with van der Waals surface area (Å²) >= 11 is 0. The zero-order valence-corrected chi connectivity index (χ0v) is 12.2. The molecule has 1 heterocycles. The van der Waals surface area contributed by atoms with Crippen LogP contribution < -0.4 is 15.8 Å². The number of amides is 1. The summed E-state index contributed by atoms with van der Waals surface area (Å²) in [6.07, 6.45) is 0.220. The number of methoxy groups -OCH3 is 1. The molecule has 1 saturated heterocycles. The summed E-state index contributed by atoms with van der Waals surface area (Å²) in [5.74, 6) is 0.483. The van der Waals surface area contributed by atoms with Gasteiger partial charge in [0.15, 0.2) is 0 Å². The molecule has 0 radical (unpaired) electrons. The van der Waals surface area contributed by atoms with Crippen LogP contribution in [0.2, 0.25) is 0 Å². The van der Waals surface area contributed by atoms with E-state index in [2.05, 4.69) is 5.32 Å². The second-order valence-electron chi connectivity index (χ2n) is 5.27. The Morgan fingerprint density at radius 1 is 1.43 bits per heavy atom. The minimum absolute atomic E-state index is 0.130. The standard InChI is InChI=1S/C15H22N2O4/c1-20-12-4-2-11(3-5-12)13(18)10-17-14(19)15(16)6-8-21-9-7-15/h2-5,13,18H,6-10,16H2,1H3,(H,17,19). The third-order valence-electron chi connectivity index (χ3n) is 3.79. The van der Waals surface area contributed by atoms with Gasteiger partial charge in [-0.25, -0.2) is 0 Å². The number of nitrogens with one attached hydrogen (secondary N) is 1. The van der Waals surface area contributed by atoms with Crippen molar-refractivity contribution < 1.29 is 19.4 Å². The van der Waals surface area contributed by atoms with E-state index < -0.39 is 11.6 Å². The molecule has 1 unspecified atom stereocenters. The molecule has 0 aromatic heterocycles. The third-order valence-corrected chi connectivity index (χ3v) is 3.79. The first kappa shape index (κ1) is 15.8. The molecule has 1 aliphatic heterocycles. The van der Waals surface area contributed by atoms with Crippen molar-refractivity contribution in [2.45, 2.75) is 24.5 Å². The number of hydrogen-bond donors (Lipinski definition) is 3. The molecule has 0 aliphatic carbocycles. The number of aliphatic hydroxyl groups excluding tert-OH is 1. The molecule has 1 amide bonds. The lowest BCUT2D eigenvalue weighted by atomic mass is 9.90. The number of ether oxygens (including phenoxy) is 2. The van der Waals surface area contributed by atoms with Crippen LogP contribution in [-0.2, 0) is 9.53 Å². The summed E-state index contributed by atoms with van der Waals surface area (Å²) in [7, 11) is 1.58. The average molecular weight is 294 g/mol. The maximum absolute atomic E-state index is 12.1. The molecule has 1 aromatic rings. The van der Waals surface area contributed by atoms with Gasteiger partial charge < -0.3 is 25.6 Å². The fraction of sp³-hybridized carbons (Fsp3) is 0.533. The van der Waals surface area contributed by atoms with Gasteiger partial charge in [-0.3, -0.25) is 4.79 Å². The largest absolute Gasteiger partial charge is 0.497 e. The van der Waals surface area contributed by atoms with Crippen LogP contribution in [0.5, 0.6) is 5.75 Å². The van der Waals surface area contributed by atoms with Crippen LogP contribution in [0.15, 0.2) is 24.3 Å². The third kappa shape index (κ3) is 3.93. The quantitative estimate of drug-likeness (QED) is 0.728. The maximum atomic E-state index is 12.1. The van der Waals surface area contributed by atoms with Gasteiger partial charge >= 0.3 is 0 Å². The minimum atomic E-state index is -0.891. The molecule has 21 heavy (non-hydrogen) atoms. The summed E-state index contributed by atoms with van der Waals surface area (Å²) < 4.78 is 10.3. The molecule has 1 aromatic carbocycles. The van der Waals surface area contributed by atoms with Gasteiger partial charge in [0.2, 0.25) is 5.91 Å². The lowest BCUT2D eigenvalue weighted by molar-refractivity contribution is -0.130. The summed E-state index contributed by atoms with van der Waals surface area (Å²) in [4.78, 5) is 12.1. The second kappa shape index (κ2) is 6.89. The highest BCUT2D eigenvalue weighted by Gasteiger charge is 2.35. The van der Waals surface area contributed by atoms with Crippen molar-refractivity contribution in [1.82, 2.24) is 5.32 Å². The first-order valence-electron chi connectivity index (χ1n) is 7.02. The number of hydrogen-bond acceptors (Lipinski definition) is 5. The number of carbonyl (C=O) groups excluding carboxylic acids is 1. The summed E-state index contributed by atoms with van der Waals surface area (Å²) in [5.41, 5.74) is 5.90. The Kier molecular flexibility index (Phi) is 5.17. The van der Waals surface area contributed by atoms with Crippen molar-refractivity contribution >= 4 is 5.91 Å². The van der Waals surface area contributed by atoms with E-state index in [0.29, 0.717) is 31.6 Å². The van der Waals surface area contributed by atoms with E-state index in [-0.39, 0.29) is 12.5 Å². The van der Waals surface area contributed by atoms with Gasteiger partial charge in [0.1, 0.15) is 5.75 Å². The van der Waals surface area contributed by atoms with E-state index in [1.54, 1.807) is 31.4 Å². The van der Waals surface area contributed by atoms with Crippen molar-refractivity contribution in [2.24, 2.45) is 5.73 Å². The van der Waals surface area contributed by atoms with Crippen LogP contribution in [0.3, 0.4) is 0 Å². The first-order valence-corrected chi connectivity index (χ1v) is 7.02. The number of nitrogens with two attached hydrogens (primary N) is 1. The van der Waals surface area contributed by atoms with E-state index in [1.165, 1.54) is 0 Å². The van der Waals surface area contributed by atoms with E-state index >= 15 is 0 Å². The monoisotopic (exact) mass is 294 g/mol. The van der Waals surface area contributed by atoms with Gasteiger partial charge in [0, 0.05) is 19.8 Å². The van der Waals surface area contributed by atoms with E-state index in [1.807, 2.05) is 0 Å². The zero-order valence-electron chi connectivity index (χ0n) is 12.2. The van der Waals surface area contributed by atoms with Gasteiger partial charge in [-0.2, -0.15) is 0 Å². The fourth-order valence-electron chi connectivity index (χ4n) is 2.27. The maximum Gasteiger partial charge on any atom is 0.240 e. The highest BCUT2D eigenvalue weighted by molar-refractivity contribution is 5.86. The smallest absolute Gasteiger partial charge is 0.240 e. The number of carbonyl (C=O) groups is 1. The van der Waals surface area contributed by atoms with E-state index in [0.717, 1.165) is 5.75 Å².